The summed E-state index contributed by atoms with van der Waals surface area (Å²) in [5, 5.41) is 3.56. The number of nitrogens with one attached hydrogen (secondary N) is 1. The summed E-state index contributed by atoms with van der Waals surface area (Å²) in [5.41, 5.74) is 0. The Morgan fingerprint density at radius 2 is 2.12 bits per heavy atom. The fourth-order valence-electron chi connectivity index (χ4n) is 1.84. The molecule has 3 heteroatoms. The van der Waals surface area contributed by atoms with Crippen molar-refractivity contribution in [3.05, 3.63) is 24.2 Å². The van der Waals surface area contributed by atoms with E-state index in [4.69, 9.17) is 4.42 Å². The number of hydrogen-bond donors (Lipinski definition) is 1. The van der Waals surface area contributed by atoms with Crippen LogP contribution in [0.3, 0.4) is 0 Å². The van der Waals surface area contributed by atoms with Gasteiger partial charge in [0.1, 0.15) is 5.76 Å². The zero-order valence-corrected chi connectivity index (χ0v) is 11.6. The van der Waals surface area contributed by atoms with Crippen LogP contribution in [-0.2, 0) is 0 Å². The Morgan fingerprint density at radius 1 is 1.44 bits per heavy atom. The van der Waals surface area contributed by atoms with Crippen LogP contribution in [0, 0.1) is 0 Å². The third kappa shape index (κ3) is 3.29. The molecule has 1 rings (SSSR count). The molecule has 1 N–H and O–H groups in total. The lowest BCUT2D eigenvalue weighted by Crippen LogP contribution is -2.37. The molecule has 0 aliphatic rings. The van der Waals surface area contributed by atoms with Crippen LogP contribution in [-0.4, -0.2) is 17.5 Å². The predicted molar refractivity (Wildman–Crippen MR) is 72.0 cm³/mol. The molecule has 0 radical (unpaired) electrons. The van der Waals surface area contributed by atoms with Gasteiger partial charge in [0.25, 0.3) is 0 Å². The van der Waals surface area contributed by atoms with Gasteiger partial charge in [0.05, 0.1) is 12.3 Å². The molecule has 16 heavy (non-hydrogen) atoms. The molecule has 0 aliphatic heterocycles. The first-order chi connectivity index (χ1) is 7.67. The zero-order valence-electron chi connectivity index (χ0n) is 10.7. The lowest BCUT2D eigenvalue weighted by atomic mass is 10.0. The molecule has 0 saturated heterocycles. The summed E-state index contributed by atoms with van der Waals surface area (Å²) >= 11 is 1.96. The fourth-order valence-corrected chi connectivity index (χ4v) is 2.64. The van der Waals surface area contributed by atoms with E-state index in [1.54, 1.807) is 6.26 Å². The molecule has 0 aliphatic carbocycles. The van der Waals surface area contributed by atoms with E-state index >= 15 is 0 Å². The summed E-state index contributed by atoms with van der Waals surface area (Å²) in [6, 6.07) is 4.25. The highest BCUT2D eigenvalue weighted by Crippen LogP contribution is 2.30. The van der Waals surface area contributed by atoms with Gasteiger partial charge in [-0.2, -0.15) is 11.8 Å². The number of furan rings is 1. The van der Waals surface area contributed by atoms with Crippen LogP contribution in [0.4, 0.5) is 0 Å². The van der Waals surface area contributed by atoms with Gasteiger partial charge in [0.15, 0.2) is 0 Å². The average Bonchev–Trinajstić information content (AvgIpc) is 2.85. The van der Waals surface area contributed by atoms with Crippen molar-refractivity contribution >= 4 is 11.8 Å². The number of hydrogen-bond acceptors (Lipinski definition) is 3. The van der Waals surface area contributed by atoms with E-state index in [1.165, 1.54) is 12.8 Å². The topological polar surface area (TPSA) is 25.2 Å². The Bertz CT molecular complexity index is 272. The molecule has 1 heterocycles. The van der Waals surface area contributed by atoms with Gasteiger partial charge in [0, 0.05) is 11.3 Å². The van der Waals surface area contributed by atoms with Crippen molar-refractivity contribution in [2.45, 2.75) is 44.4 Å². The highest BCUT2D eigenvalue weighted by Gasteiger charge is 2.25. The van der Waals surface area contributed by atoms with Crippen molar-refractivity contribution in [1.29, 1.82) is 0 Å². The highest BCUT2D eigenvalue weighted by molar-refractivity contribution is 8.00. The molecular weight excluding hydrogens is 218 g/mol. The van der Waals surface area contributed by atoms with Crippen molar-refractivity contribution in [3.63, 3.8) is 0 Å². The molecule has 0 saturated carbocycles. The Labute approximate surface area is 103 Å². The lowest BCUT2D eigenvalue weighted by Gasteiger charge is -2.31. The maximum absolute atomic E-state index is 5.39. The van der Waals surface area contributed by atoms with Gasteiger partial charge in [-0.1, -0.05) is 13.8 Å². The predicted octanol–water partition coefficient (Wildman–Crippen LogP) is 3.85. The fraction of sp³-hybridized carbons (Fsp3) is 0.692. The molecule has 0 spiro atoms. The van der Waals surface area contributed by atoms with Crippen LogP contribution >= 0.6 is 11.8 Å². The molecule has 1 unspecified atom stereocenters. The Balaban J connectivity index is 2.49. The first kappa shape index (κ1) is 13.7. The SMILES string of the molecule is CCC(CC)(CNC(C)c1ccco1)SC. The van der Waals surface area contributed by atoms with E-state index in [0.29, 0.717) is 10.8 Å². The van der Waals surface area contributed by atoms with Crippen molar-refractivity contribution in [2.75, 3.05) is 12.8 Å². The summed E-state index contributed by atoms with van der Waals surface area (Å²) in [4.78, 5) is 0. The first-order valence-electron chi connectivity index (χ1n) is 5.99. The number of thioether (sulfide) groups is 1. The second kappa shape index (κ2) is 6.36. The van der Waals surface area contributed by atoms with E-state index in [9.17, 15) is 0 Å². The van der Waals surface area contributed by atoms with Gasteiger partial charge in [-0.15, -0.1) is 0 Å². The second-order valence-electron chi connectivity index (χ2n) is 4.21. The summed E-state index contributed by atoms with van der Waals surface area (Å²) in [6.45, 7) is 7.71. The Kier molecular flexibility index (Phi) is 5.42. The normalized spacial score (nSPS) is 14.0. The summed E-state index contributed by atoms with van der Waals surface area (Å²) in [7, 11) is 0. The number of rotatable bonds is 7. The minimum atomic E-state index is 0.291. The minimum absolute atomic E-state index is 0.291. The average molecular weight is 241 g/mol. The summed E-state index contributed by atoms with van der Waals surface area (Å²) in [6.07, 6.45) is 6.33. The van der Waals surface area contributed by atoms with E-state index in [1.807, 2.05) is 23.9 Å². The maximum Gasteiger partial charge on any atom is 0.120 e. The first-order valence-corrected chi connectivity index (χ1v) is 7.22. The van der Waals surface area contributed by atoms with Gasteiger partial charge in [-0.3, -0.25) is 0 Å². The van der Waals surface area contributed by atoms with E-state index < -0.39 is 0 Å². The molecule has 2 nitrogen and oxygen atoms in total. The maximum atomic E-state index is 5.39. The monoisotopic (exact) mass is 241 g/mol. The van der Waals surface area contributed by atoms with E-state index in [-0.39, 0.29) is 0 Å². The van der Waals surface area contributed by atoms with E-state index in [0.717, 1.165) is 12.3 Å². The molecule has 1 aromatic rings. The highest BCUT2D eigenvalue weighted by atomic mass is 32.2. The third-order valence-electron chi connectivity index (χ3n) is 3.42. The van der Waals surface area contributed by atoms with Gasteiger partial charge >= 0.3 is 0 Å². The lowest BCUT2D eigenvalue weighted by molar-refractivity contribution is 0.401. The molecule has 0 amide bonds. The van der Waals surface area contributed by atoms with Crippen molar-refractivity contribution in [1.82, 2.24) is 5.32 Å². The molecule has 92 valence electrons. The Hall–Kier alpha value is -0.410. The van der Waals surface area contributed by atoms with Crippen LogP contribution in [0.15, 0.2) is 22.8 Å². The molecular formula is C13H23NOS. The summed E-state index contributed by atoms with van der Waals surface area (Å²) < 4.78 is 5.75. The van der Waals surface area contributed by atoms with Crippen LogP contribution < -0.4 is 5.32 Å². The van der Waals surface area contributed by atoms with Crippen molar-refractivity contribution in [3.8, 4) is 0 Å². The molecule has 1 aromatic heterocycles. The molecule has 0 aromatic carbocycles. The van der Waals surface area contributed by atoms with Crippen molar-refractivity contribution in [2.24, 2.45) is 0 Å². The Morgan fingerprint density at radius 3 is 2.56 bits per heavy atom. The smallest absolute Gasteiger partial charge is 0.120 e. The second-order valence-corrected chi connectivity index (χ2v) is 5.49. The van der Waals surface area contributed by atoms with Gasteiger partial charge < -0.3 is 9.73 Å². The van der Waals surface area contributed by atoms with Crippen molar-refractivity contribution < 1.29 is 4.42 Å². The van der Waals surface area contributed by atoms with Crippen LogP contribution in [0.5, 0.6) is 0 Å². The molecule has 1 atom stereocenters. The standard InChI is InChI=1S/C13H23NOS/c1-5-13(6-2,16-4)10-14-11(3)12-8-7-9-15-12/h7-9,11,14H,5-6,10H2,1-4H3. The third-order valence-corrected chi connectivity index (χ3v) is 5.01. The van der Waals surface area contributed by atoms with Gasteiger partial charge in [-0.25, -0.2) is 0 Å². The molecule has 0 fully saturated rings. The summed E-state index contributed by atoms with van der Waals surface area (Å²) in [5.74, 6) is 1.02. The van der Waals surface area contributed by atoms with Crippen LogP contribution in [0.2, 0.25) is 0 Å². The quantitative estimate of drug-likeness (QED) is 0.785. The van der Waals surface area contributed by atoms with Gasteiger partial charge in [0.2, 0.25) is 0 Å². The van der Waals surface area contributed by atoms with Gasteiger partial charge in [-0.05, 0) is 38.2 Å². The van der Waals surface area contributed by atoms with E-state index in [2.05, 4.69) is 32.3 Å². The van der Waals surface area contributed by atoms with Crippen LogP contribution in [0.1, 0.15) is 45.4 Å². The zero-order chi connectivity index (χ0) is 12.0. The van der Waals surface area contributed by atoms with Crippen LogP contribution in [0.25, 0.3) is 0 Å². The largest absolute Gasteiger partial charge is 0.468 e. The minimum Gasteiger partial charge on any atom is -0.468 e. The molecule has 0 bridgehead atoms.